The van der Waals surface area contributed by atoms with E-state index in [0.717, 1.165) is 37.5 Å². The van der Waals surface area contributed by atoms with Gasteiger partial charge in [-0.25, -0.2) is 13.1 Å². The van der Waals surface area contributed by atoms with Crippen LogP contribution in [0.15, 0.2) is 39.9 Å². The summed E-state index contributed by atoms with van der Waals surface area (Å²) in [5.74, 6) is 1.45. The van der Waals surface area contributed by atoms with E-state index < -0.39 is 10.0 Å². The van der Waals surface area contributed by atoms with E-state index in [1.165, 1.54) is 11.3 Å². The Morgan fingerprint density at radius 2 is 1.93 bits per heavy atom. The van der Waals surface area contributed by atoms with Gasteiger partial charge in [0.15, 0.2) is 11.5 Å². The Morgan fingerprint density at radius 3 is 2.67 bits per heavy atom. The van der Waals surface area contributed by atoms with E-state index in [2.05, 4.69) is 21.6 Å². The lowest BCUT2D eigenvalue weighted by Crippen LogP contribution is -2.48. The molecule has 3 heterocycles. The number of fused-ring (bicyclic) bond motifs is 1. The largest absolute Gasteiger partial charge is 0.454 e. The summed E-state index contributed by atoms with van der Waals surface area (Å²) in [7, 11) is -1.40. The number of nitrogens with zero attached hydrogens (tertiary/aromatic N) is 2. The van der Waals surface area contributed by atoms with Crippen LogP contribution >= 0.6 is 11.3 Å². The minimum absolute atomic E-state index is 0.0667. The van der Waals surface area contributed by atoms with E-state index in [1.54, 1.807) is 17.5 Å². The Balaban J connectivity index is 1.56. The van der Waals surface area contributed by atoms with Gasteiger partial charge in [0.1, 0.15) is 4.21 Å². The van der Waals surface area contributed by atoms with Gasteiger partial charge in [-0.15, -0.1) is 11.3 Å². The van der Waals surface area contributed by atoms with Gasteiger partial charge < -0.3 is 14.4 Å². The van der Waals surface area contributed by atoms with E-state index >= 15 is 0 Å². The maximum absolute atomic E-state index is 12.6. The second-order valence-corrected chi connectivity index (χ2v) is 9.69. The first kappa shape index (κ1) is 18.7. The van der Waals surface area contributed by atoms with Gasteiger partial charge in [0.05, 0.1) is 0 Å². The third-order valence-corrected chi connectivity index (χ3v) is 7.81. The van der Waals surface area contributed by atoms with Gasteiger partial charge in [-0.3, -0.25) is 4.90 Å². The number of hydrogen-bond acceptors (Lipinski definition) is 7. The van der Waals surface area contributed by atoms with Crippen LogP contribution in [0.3, 0.4) is 0 Å². The molecule has 1 N–H and O–H groups in total. The first-order valence-electron chi connectivity index (χ1n) is 8.88. The average Bonchev–Trinajstić information content (AvgIpc) is 3.35. The van der Waals surface area contributed by atoms with E-state index in [4.69, 9.17) is 9.47 Å². The van der Waals surface area contributed by atoms with E-state index in [1.807, 2.05) is 18.2 Å². The van der Waals surface area contributed by atoms with Gasteiger partial charge in [0.2, 0.25) is 16.8 Å². The van der Waals surface area contributed by atoms with Gasteiger partial charge in [-0.05, 0) is 36.2 Å². The fraction of sp³-hybridized carbons (Fsp3) is 0.444. The highest BCUT2D eigenvalue weighted by Gasteiger charge is 2.27. The third-order valence-electron chi connectivity index (χ3n) is 4.99. The standard InChI is InChI=1S/C18H23N3O4S2/c1-20-6-8-21(9-7-20)15(12-19-27(22,23)18-3-2-10-26-18)14-4-5-16-17(11-14)25-13-24-16/h2-5,10-11,15,19H,6-9,12-13H2,1H3/t15-/m0/s1. The molecule has 0 bridgehead atoms. The summed E-state index contributed by atoms with van der Waals surface area (Å²) in [6.07, 6.45) is 0. The quantitative estimate of drug-likeness (QED) is 0.784. The summed E-state index contributed by atoms with van der Waals surface area (Å²) in [6.45, 7) is 4.22. The third kappa shape index (κ3) is 4.12. The molecule has 1 atom stereocenters. The van der Waals surface area contributed by atoms with Crippen molar-refractivity contribution in [2.24, 2.45) is 0 Å². The monoisotopic (exact) mass is 409 g/mol. The first-order chi connectivity index (χ1) is 13.0. The van der Waals surface area contributed by atoms with Gasteiger partial charge in [-0.2, -0.15) is 0 Å². The highest BCUT2D eigenvalue weighted by atomic mass is 32.2. The lowest BCUT2D eigenvalue weighted by molar-refractivity contribution is 0.112. The lowest BCUT2D eigenvalue weighted by Gasteiger charge is -2.38. The molecule has 0 saturated carbocycles. The molecule has 1 fully saturated rings. The molecule has 7 nitrogen and oxygen atoms in total. The highest BCUT2D eigenvalue weighted by Crippen LogP contribution is 2.35. The fourth-order valence-corrected chi connectivity index (χ4v) is 5.46. The van der Waals surface area contributed by atoms with Crippen LogP contribution in [-0.2, 0) is 10.0 Å². The van der Waals surface area contributed by atoms with Gasteiger partial charge >= 0.3 is 0 Å². The van der Waals surface area contributed by atoms with Crippen LogP contribution < -0.4 is 14.2 Å². The van der Waals surface area contributed by atoms with Crippen LogP contribution in [0.5, 0.6) is 11.5 Å². The van der Waals surface area contributed by atoms with Crippen LogP contribution in [0.4, 0.5) is 0 Å². The Bertz CT molecular complexity index is 878. The molecule has 2 aliphatic heterocycles. The summed E-state index contributed by atoms with van der Waals surface area (Å²) < 4.78 is 39.2. The molecule has 2 aromatic rings. The maximum Gasteiger partial charge on any atom is 0.250 e. The summed E-state index contributed by atoms with van der Waals surface area (Å²) in [4.78, 5) is 4.61. The number of nitrogens with one attached hydrogen (secondary N) is 1. The molecule has 4 rings (SSSR count). The Morgan fingerprint density at radius 1 is 1.15 bits per heavy atom. The van der Waals surface area contributed by atoms with E-state index in [-0.39, 0.29) is 12.8 Å². The van der Waals surface area contributed by atoms with Crippen molar-refractivity contribution in [2.75, 3.05) is 46.6 Å². The van der Waals surface area contributed by atoms with Crippen molar-refractivity contribution < 1.29 is 17.9 Å². The molecule has 0 amide bonds. The van der Waals surface area contributed by atoms with Crippen LogP contribution in [-0.4, -0.2) is 64.8 Å². The average molecular weight is 410 g/mol. The SMILES string of the molecule is CN1CCN([C@@H](CNS(=O)(=O)c2cccs2)c2ccc3c(c2)OCO3)CC1. The molecule has 0 aliphatic carbocycles. The number of benzene rings is 1. The molecule has 0 unspecified atom stereocenters. The van der Waals surface area contributed by atoms with Crippen molar-refractivity contribution in [3.8, 4) is 11.5 Å². The molecule has 1 aromatic carbocycles. The highest BCUT2D eigenvalue weighted by molar-refractivity contribution is 7.91. The molecular weight excluding hydrogens is 386 g/mol. The summed E-state index contributed by atoms with van der Waals surface area (Å²) in [6, 6.07) is 9.16. The molecule has 0 radical (unpaired) electrons. The summed E-state index contributed by atoms with van der Waals surface area (Å²) in [5, 5.41) is 1.77. The molecule has 1 saturated heterocycles. The Hall–Kier alpha value is -1.65. The fourth-order valence-electron chi connectivity index (χ4n) is 3.39. The van der Waals surface area contributed by atoms with Crippen molar-refractivity contribution in [2.45, 2.75) is 10.3 Å². The van der Waals surface area contributed by atoms with Crippen LogP contribution in [0.1, 0.15) is 11.6 Å². The molecule has 9 heteroatoms. The smallest absolute Gasteiger partial charge is 0.250 e. The second kappa shape index (κ2) is 7.76. The van der Waals surface area contributed by atoms with E-state index in [0.29, 0.717) is 16.5 Å². The van der Waals surface area contributed by atoms with Gasteiger partial charge in [0, 0.05) is 38.8 Å². The van der Waals surface area contributed by atoms with Crippen molar-refractivity contribution >= 4 is 21.4 Å². The summed E-state index contributed by atoms with van der Waals surface area (Å²) in [5.41, 5.74) is 1.03. The minimum Gasteiger partial charge on any atom is -0.454 e. The van der Waals surface area contributed by atoms with Crippen molar-refractivity contribution in [1.82, 2.24) is 14.5 Å². The predicted molar refractivity (Wildman–Crippen MR) is 104 cm³/mol. The maximum atomic E-state index is 12.6. The predicted octanol–water partition coefficient (Wildman–Crippen LogP) is 1.74. The van der Waals surface area contributed by atoms with Gasteiger partial charge in [-0.1, -0.05) is 12.1 Å². The molecule has 27 heavy (non-hydrogen) atoms. The first-order valence-corrected chi connectivity index (χ1v) is 11.2. The zero-order valence-corrected chi connectivity index (χ0v) is 16.8. The number of likely N-dealkylation sites (N-methyl/N-ethyl adjacent to an activating group) is 1. The zero-order chi connectivity index (χ0) is 18.9. The normalized spacial score (nSPS) is 19.3. The van der Waals surface area contributed by atoms with Crippen LogP contribution in [0, 0.1) is 0 Å². The number of sulfonamides is 1. The number of piperazine rings is 1. The lowest BCUT2D eigenvalue weighted by atomic mass is 10.0. The topological polar surface area (TPSA) is 71.1 Å². The number of thiophene rings is 1. The van der Waals surface area contributed by atoms with Crippen LogP contribution in [0.2, 0.25) is 0 Å². The van der Waals surface area contributed by atoms with Crippen LogP contribution in [0.25, 0.3) is 0 Å². The Kier molecular flexibility index (Phi) is 5.38. The number of hydrogen-bond donors (Lipinski definition) is 1. The second-order valence-electron chi connectivity index (χ2n) is 6.75. The molecule has 1 aromatic heterocycles. The number of ether oxygens (including phenoxy) is 2. The summed E-state index contributed by atoms with van der Waals surface area (Å²) >= 11 is 1.22. The molecular formula is C18H23N3O4S2. The molecule has 2 aliphatic rings. The molecule has 146 valence electrons. The zero-order valence-electron chi connectivity index (χ0n) is 15.1. The minimum atomic E-state index is -3.51. The van der Waals surface area contributed by atoms with Gasteiger partial charge in [0.25, 0.3) is 0 Å². The van der Waals surface area contributed by atoms with Crippen molar-refractivity contribution in [3.05, 3.63) is 41.3 Å². The van der Waals surface area contributed by atoms with Crippen molar-refractivity contribution in [3.63, 3.8) is 0 Å². The Labute approximate surface area is 163 Å². The van der Waals surface area contributed by atoms with E-state index in [9.17, 15) is 8.42 Å². The number of rotatable bonds is 6. The molecule has 0 spiro atoms. The van der Waals surface area contributed by atoms with Crippen molar-refractivity contribution in [1.29, 1.82) is 0 Å².